The number of ether oxygens (including phenoxy) is 1. The summed E-state index contributed by atoms with van der Waals surface area (Å²) in [6.07, 6.45) is 9.56. The van der Waals surface area contributed by atoms with Crippen LogP contribution in [0.5, 0.6) is 0 Å². The molecule has 4 fully saturated rings. The molecule has 0 aromatic heterocycles. The molecule has 29 heavy (non-hydrogen) atoms. The lowest BCUT2D eigenvalue weighted by atomic mass is 9.44. The van der Waals surface area contributed by atoms with Crippen molar-refractivity contribution >= 4 is 5.97 Å². The summed E-state index contributed by atoms with van der Waals surface area (Å²) in [7, 11) is 1.47. The van der Waals surface area contributed by atoms with Gasteiger partial charge >= 0.3 is 5.97 Å². The van der Waals surface area contributed by atoms with E-state index in [1.54, 1.807) is 0 Å². The quantitative estimate of drug-likeness (QED) is 0.473. The fraction of sp³-hybridized carbons (Fsp3) is 0.960. The zero-order valence-corrected chi connectivity index (χ0v) is 18.8. The monoisotopic (exact) mass is 410 g/mol. The third-order valence-electron chi connectivity index (χ3n) is 10.4. The molecule has 4 rings (SSSR count). The first-order valence-electron chi connectivity index (χ1n) is 12.1. The van der Waals surface area contributed by atoms with Crippen molar-refractivity contribution in [1.29, 1.82) is 0 Å². The van der Waals surface area contributed by atoms with Gasteiger partial charge in [0.1, 0.15) is 0 Å². The van der Waals surface area contributed by atoms with E-state index in [1.165, 1.54) is 32.8 Å². The Labute approximate surface area is 175 Å². The molecule has 0 saturated heterocycles. The van der Waals surface area contributed by atoms with Crippen molar-refractivity contribution in [3.63, 3.8) is 0 Å². The second-order valence-electron chi connectivity index (χ2n) is 11.5. The maximum atomic E-state index is 14.1. The van der Waals surface area contributed by atoms with E-state index in [-0.39, 0.29) is 30.1 Å². The fourth-order valence-corrected chi connectivity index (χ4v) is 8.80. The standard InChI is InChI=1S/C25H40F2O2/c1-16(5-10-22(28)29-4)19-8-9-20-18-7-6-17-15-25(26,27)14-13-23(17,2)21(18)11-12-24(19,20)3/h16-21H,5-15H2,1-4H3/t16-,17-,18+,19-,20+,21+,23+,24-/m1/s1. The number of rotatable bonds is 4. The van der Waals surface area contributed by atoms with Crippen molar-refractivity contribution in [2.45, 2.75) is 97.3 Å². The van der Waals surface area contributed by atoms with E-state index in [0.29, 0.717) is 36.0 Å². The van der Waals surface area contributed by atoms with Crippen LogP contribution in [0.3, 0.4) is 0 Å². The summed E-state index contributed by atoms with van der Waals surface area (Å²) in [5.74, 6) is 1.01. The first-order chi connectivity index (χ1) is 13.6. The first-order valence-corrected chi connectivity index (χ1v) is 12.1. The van der Waals surface area contributed by atoms with Gasteiger partial charge < -0.3 is 4.74 Å². The highest BCUT2D eigenvalue weighted by Gasteiger charge is 2.62. The molecule has 0 amide bonds. The van der Waals surface area contributed by atoms with Gasteiger partial charge in [-0.1, -0.05) is 20.8 Å². The maximum Gasteiger partial charge on any atom is 0.305 e. The van der Waals surface area contributed by atoms with Crippen LogP contribution in [0.1, 0.15) is 91.4 Å². The normalized spacial score (nSPS) is 46.9. The van der Waals surface area contributed by atoms with E-state index in [9.17, 15) is 13.6 Å². The Morgan fingerprint density at radius 1 is 1.00 bits per heavy atom. The van der Waals surface area contributed by atoms with E-state index in [0.717, 1.165) is 31.1 Å². The summed E-state index contributed by atoms with van der Waals surface area (Å²) >= 11 is 0. The van der Waals surface area contributed by atoms with Gasteiger partial charge in [0.25, 0.3) is 0 Å². The van der Waals surface area contributed by atoms with Gasteiger partial charge in [0.2, 0.25) is 5.92 Å². The van der Waals surface area contributed by atoms with Crippen LogP contribution in [-0.2, 0) is 9.53 Å². The Bertz CT molecular complexity index is 634. The third-order valence-corrected chi connectivity index (χ3v) is 10.4. The van der Waals surface area contributed by atoms with Gasteiger partial charge in [-0.3, -0.25) is 4.79 Å². The molecule has 0 aliphatic heterocycles. The summed E-state index contributed by atoms with van der Waals surface area (Å²) in [4.78, 5) is 11.6. The SMILES string of the molecule is COC(=O)CC[C@@H](C)[C@H]1CC[C@H]2[C@@H]3CC[C@@H]4CC(F)(F)CC[C@]4(C)[C@H]3CC[C@]12C. The topological polar surface area (TPSA) is 26.3 Å². The van der Waals surface area contributed by atoms with Gasteiger partial charge in [-0.2, -0.15) is 0 Å². The Hall–Kier alpha value is -0.670. The molecule has 4 aliphatic carbocycles. The molecule has 0 heterocycles. The summed E-state index contributed by atoms with van der Waals surface area (Å²) < 4.78 is 33.1. The Kier molecular flexibility index (Phi) is 5.56. The molecule has 4 saturated carbocycles. The maximum absolute atomic E-state index is 14.1. The molecule has 4 aliphatic rings. The molecule has 0 N–H and O–H groups in total. The molecule has 8 atom stereocenters. The molecule has 0 bridgehead atoms. The molecule has 0 radical (unpaired) electrons. The minimum Gasteiger partial charge on any atom is -0.469 e. The predicted octanol–water partition coefficient (Wildman–Crippen LogP) is 6.87. The molecular weight excluding hydrogens is 370 g/mol. The average molecular weight is 411 g/mol. The van der Waals surface area contributed by atoms with Crippen LogP contribution in [0.15, 0.2) is 0 Å². The highest BCUT2D eigenvalue weighted by Crippen LogP contribution is 2.69. The number of methoxy groups -OCH3 is 1. The van der Waals surface area contributed by atoms with E-state index >= 15 is 0 Å². The van der Waals surface area contributed by atoms with Gasteiger partial charge in [-0.25, -0.2) is 8.78 Å². The van der Waals surface area contributed by atoms with Crippen molar-refractivity contribution in [2.75, 3.05) is 7.11 Å². The summed E-state index contributed by atoms with van der Waals surface area (Å²) in [5.41, 5.74) is 0.485. The van der Waals surface area contributed by atoms with Crippen LogP contribution in [0.4, 0.5) is 8.78 Å². The van der Waals surface area contributed by atoms with Crippen molar-refractivity contribution in [1.82, 2.24) is 0 Å². The van der Waals surface area contributed by atoms with Gasteiger partial charge in [0.05, 0.1) is 7.11 Å². The van der Waals surface area contributed by atoms with Crippen LogP contribution in [0, 0.1) is 46.3 Å². The Balaban J connectivity index is 1.49. The number of hydrogen-bond acceptors (Lipinski definition) is 2. The number of esters is 1. The van der Waals surface area contributed by atoms with E-state index in [2.05, 4.69) is 20.8 Å². The van der Waals surface area contributed by atoms with Crippen LogP contribution in [0.2, 0.25) is 0 Å². The zero-order valence-electron chi connectivity index (χ0n) is 18.8. The lowest BCUT2D eigenvalue weighted by Gasteiger charge is -2.61. The second kappa shape index (κ2) is 7.48. The van der Waals surface area contributed by atoms with Crippen molar-refractivity contribution in [3.05, 3.63) is 0 Å². The molecule has 0 aromatic carbocycles. The number of carbonyl (C=O) groups excluding carboxylic acids is 1. The van der Waals surface area contributed by atoms with Gasteiger partial charge in [0, 0.05) is 19.3 Å². The largest absolute Gasteiger partial charge is 0.469 e. The summed E-state index contributed by atoms with van der Waals surface area (Å²) in [6.45, 7) is 7.20. The zero-order chi connectivity index (χ0) is 21.0. The van der Waals surface area contributed by atoms with Gasteiger partial charge in [-0.05, 0) is 97.7 Å². The number of alkyl halides is 2. The van der Waals surface area contributed by atoms with Crippen LogP contribution in [0.25, 0.3) is 0 Å². The highest BCUT2D eigenvalue weighted by atomic mass is 19.3. The summed E-state index contributed by atoms with van der Waals surface area (Å²) in [5, 5.41) is 0. The molecule has 2 nitrogen and oxygen atoms in total. The van der Waals surface area contributed by atoms with E-state index < -0.39 is 5.92 Å². The number of hydrogen-bond donors (Lipinski definition) is 0. The fourth-order valence-electron chi connectivity index (χ4n) is 8.80. The lowest BCUT2D eigenvalue weighted by Crippen LogP contribution is -2.55. The Morgan fingerprint density at radius 2 is 1.72 bits per heavy atom. The van der Waals surface area contributed by atoms with Crippen LogP contribution in [-0.4, -0.2) is 19.0 Å². The van der Waals surface area contributed by atoms with Gasteiger partial charge in [0.15, 0.2) is 0 Å². The smallest absolute Gasteiger partial charge is 0.305 e. The number of fused-ring (bicyclic) bond motifs is 5. The second-order valence-corrected chi connectivity index (χ2v) is 11.5. The number of halogens is 2. The minimum absolute atomic E-state index is 0.0956. The third kappa shape index (κ3) is 3.55. The minimum atomic E-state index is -2.44. The lowest BCUT2D eigenvalue weighted by molar-refractivity contribution is -0.164. The molecule has 0 spiro atoms. The molecule has 4 heteroatoms. The van der Waals surface area contributed by atoms with Crippen molar-refractivity contribution in [3.8, 4) is 0 Å². The molecule has 166 valence electrons. The average Bonchev–Trinajstić information content (AvgIpc) is 3.03. The van der Waals surface area contributed by atoms with E-state index in [1.807, 2.05) is 0 Å². The van der Waals surface area contributed by atoms with Crippen LogP contribution >= 0.6 is 0 Å². The molecule has 0 aromatic rings. The predicted molar refractivity (Wildman–Crippen MR) is 111 cm³/mol. The van der Waals surface area contributed by atoms with Gasteiger partial charge in [-0.15, -0.1) is 0 Å². The first kappa shape index (κ1) is 21.6. The summed E-state index contributed by atoms with van der Waals surface area (Å²) in [6, 6.07) is 0. The van der Waals surface area contributed by atoms with Crippen molar-refractivity contribution < 1.29 is 18.3 Å². The number of carbonyl (C=O) groups is 1. The molecule has 0 unspecified atom stereocenters. The van der Waals surface area contributed by atoms with Crippen LogP contribution < -0.4 is 0 Å². The van der Waals surface area contributed by atoms with E-state index in [4.69, 9.17) is 4.74 Å². The molecular formula is C25H40F2O2. The van der Waals surface area contributed by atoms with Crippen molar-refractivity contribution in [2.24, 2.45) is 46.3 Å². The Morgan fingerprint density at radius 3 is 2.45 bits per heavy atom. The highest BCUT2D eigenvalue weighted by molar-refractivity contribution is 5.69.